The van der Waals surface area contributed by atoms with E-state index in [9.17, 15) is 40.7 Å². The minimum atomic E-state index is -5.10. The first-order chi connectivity index (χ1) is 19.2. The van der Waals surface area contributed by atoms with Crippen LogP contribution in [-0.2, 0) is 32.2 Å². The van der Waals surface area contributed by atoms with Crippen molar-refractivity contribution < 1.29 is 45.8 Å². The van der Waals surface area contributed by atoms with Crippen LogP contribution in [0.25, 0.3) is 11.1 Å². The van der Waals surface area contributed by atoms with Gasteiger partial charge in [-0.15, -0.1) is 0 Å². The number of amides is 2. The van der Waals surface area contributed by atoms with Gasteiger partial charge in [-0.25, -0.2) is 4.98 Å². The number of anilines is 2. The number of pyridine rings is 1. The van der Waals surface area contributed by atoms with Crippen molar-refractivity contribution in [2.24, 2.45) is 5.92 Å². The molecule has 0 bridgehead atoms. The van der Waals surface area contributed by atoms with E-state index in [0.29, 0.717) is 23.3 Å². The van der Waals surface area contributed by atoms with Crippen molar-refractivity contribution in [1.29, 1.82) is 0 Å². The lowest BCUT2D eigenvalue weighted by atomic mass is 9.81. The Morgan fingerprint density at radius 2 is 1.40 bits per heavy atom. The fraction of sp³-hybridized carbons (Fsp3) is 0.310. The number of likely N-dealkylation sites (N-methyl/N-ethyl adjacent to an activating group) is 1. The molecule has 1 atom stereocenters. The number of benzene rings is 2. The Kier molecular flexibility index (Phi) is 8.76. The highest BCUT2D eigenvalue weighted by molar-refractivity contribution is 6.05. The van der Waals surface area contributed by atoms with Crippen molar-refractivity contribution in [1.82, 2.24) is 4.98 Å². The summed E-state index contributed by atoms with van der Waals surface area (Å²) in [5.74, 6) is -4.49. The number of carboxylic acids is 1. The predicted molar refractivity (Wildman–Crippen MR) is 143 cm³/mol. The first kappa shape index (κ1) is 32.1. The van der Waals surface area contributed by atoms with Gasteiger partial charge in [-0.1, -0.05) is 24.3 Å². The Morgan fingerprint density at radius 1 is 0.881 bits per heavy atom. The highest BCUT2D eigenvalue weighted by atomic mass is 19.4. The van der Waals surface area contributed by atoms with Gasteiger partial charge < -0.3 is 15.3 Å². The van der Waals surface area contributed by atoms with Gasteiger partial charge in [0.05, 0.1) is 28.4 Å². The largest absolute Gasteiger partial charge is 0.481 e. The molecule has 2 amide bonds. The van der Waals surface area contributed by atoms with Crippen LogP contribution in [0, 0.1) is 12.8 Å². The Balaban J connectivity index is 2.13. The highest BCUT2D eigenvalue weighted by Crippen LogP contribution is 2.41. The topological polar surface area (TPSA) is 99.6 Å². The van der Waals surface area contributed by atoms with Gasteiger partial charge in [-0.05, 0) is 68.7 Å². The summed E-state index contributed by atoms with van der Waals surface area (Å²) in [6, 6.07) is 9.33. The number of carbonyl (C=O) groups is 3. The molecule has 13 heteroatoms. The molecule has 0 fully saturated rings. The molecule has 1 heterocycles. The van der Waals surface area contributed by atoms with E-state index in [4.69, 9.17) is 5.11 Å². The molecule has 0 saturated carbocycles. The van der Waals surface area contributed by atoms with E-state index in [2.05, 4.69) is 10.3 Å². The quantitative estimate of drug-likeness (QED) is 0.234. The van der Waals surface area contributed by atoms with Gasteiger partial charge in [0.1, 0.15) is 11.7 Å². The summed E-state index contributed by atoms with van der Waals surface area (Å²) in [7, 11) is 1.30. The molecule has 0 spiro atoms. The minimum Gasteiger partial charge on any atom is -0.481 e. The maximum atomic E-state index is 13.8. The zero-order valence-electron chi connectivity index (χ0n) is 23.1. The zero-order chi connectivity index (χ0) is 31.8. The van der Waals surface area contributed by atoms with Crippen molar-refractivity contribution in [3.05, 3.63) is 77.0 Å². The second-order valence-electron chi connectivity index (χ2n) is 10.2. The van der Waals surface area contributed by atoms with Gasteiger partial charge in [0.15, 0.2) is 0 Å². The predicted octanol–water partition coefficient (Wildman–Crippen LogP) is 6.69. The molecular weight excluding hydrogens is 568 g/mol. The number of alkyl halides is 6. The Morgan fingerprint density at radius 3 is 1.90 bits per heavy atom. The molecule has 3 rings (SSSR count). The number of nitrogens with zero attached hydrogens (tertiary/aromatic N) is 2. The van der Waals surface area contributed by atoms with Gasteiger partial charge in [-0.3, -0.25) is 14.4 Å². The van der Waals surface area contributed by atoms with E-state index >= 15 is 0 Å². The number of hydrogen-bond donors (Lipinski definition) is 2. The summed E-state index contributed by atoms with van der Waals surface area (Å²) in [5.41, 5.74) is -3.69. The molecule has 1 aromatic heterocycles. The number of rotatable bonds is 7. The van der Waals surface area contributed by atoms with Crippen molar-refractivity contribution in [2.75, 3.05) is 17.3 Å². The molecule has 0 aliphatic rings. The first-order valence-electron chi connectivity index (χ1n) is 12.4. The number of aromatic nitrogens is 1. The van der Waals surface area contributed by atoms with E-state index in [1.165, 1.54) is 40.1 Å². The number of carboxylic acid groups (broad SMARTS) is 1. The summed E-state index contributed by atoms with van der Waals surface area (Å²) in [6.45, 7) is 5.37. The number of halogens is 6. The number of aliphatic carboxylic acids is 1. The molecule has 0 saturated heterocycles. The molecule has 0 aliphatic heterocycles. The molecule has 3 aromatic rings. The van der Waals surface area contributed by atoms with Crippen molar-refractivity contribution >= 4 is 29.3 Å². The second kappa shape index (κ2) is 11.5. The molecule has 42 heavy (non-hydrogen) atoms. The number of hydrogen-bond acceptors (Lipinski definition) is 4. The molecule has 1 unspecified atom stereocenters. The maximum absolute atomic E-state index is 13.8. The lowest BCUT2D eigenvalue weighted by molar-refractivity contribution is -0.145. The van der Waals surface area contributed by atoms with Crippen LogP contribution in [0.4, 0.5) is 37.8 Å². The average molecular weight is 596 g/mol. The number of nitrogens with one attached hydrogen (secondary N) is 1. The normalized spacial score (nSPS) is 12.9. The molecular formula is C29H27F6N3O4. The smallest absolute Gasteiger partial charge is 0.416 e. The van der Waals surface area contributed by atoms with Crippen molar-refractivity contribution in [3.8, 4) is 11.1 Å². The van der Waals surface area contributed by atoms with Crippen LogP contribution in [0.15, 0.2) is 54.7 Å². The van der Waals surface area contributed by atoms with Gasteiger partial charge in [0, 0.05) is 12.6 Å². The van der Waals surface area contributed by atoms with Crippen molar-refractivity contribution in [3.63, 3.8) is 0 Å². The third-order valence-electron chi connectivity index (χ3n) is 6.84. The highest BCUT2D eigenvalue weighted by Gasteiger charge is 2.41. The molecule has 2 aromatic carbocycles. The van der Waals surface area contributed by atoms with Crippen LogP contribution < -0.4 is 10.2 Å². The molecule has 2 N–H and O–H groups in total. The fourth-order valence-electron chi connectivity index (χ4n) is 4.19. The van der Waals surface area contributed by atoms with Crippen LogP contribution in [0.1, 0.15) is 43.0 Å². The van der Waals surface area contributed by atoms with Crippen LogP contribution >= 0.6 is 0 Å². The molecule has 0 aliphatic carbocycles. The van der Waals surface area contributed by atoms with Gasteiger partial charge >= 0.3 is 18.3 Å². The Hall–Kier alpha value is -4.42. The van der Waals surface area contributed by atoms with Gasteiger partial charge in [0.25, 0.3) is 0 Å². The number of carbonyl (C=O) groups excluding carboxylic acids is 2. The van der Waals surface area contributed by atoms with Gasteiger partial charge in [-0.2, -0.15) is 26.3 Å². The van der Waals surface area contributed by atoms with E-state index in [1.807, 2.05) is 0 Å². The van der Waals surface area contributed by atoms with Crippen LogP contribution in [0.3, 0.4) is 0 Å². The van der Waals surface area contributed by atoms with Gasteiger partial charge in [0.2, 0.25) is 11.8 Å². The summed E-state index contributed by atoms with van der Waals surface area (Å²) >= 11 is 0. The summed E-state index contributed by atoms with van der Waals surface area (Å²) < 4.78 is 81.1. The summed E-state index contributed by atoms with van der Waals surface area (Å²) in [6.07, 6.45) is -8.99. The lowest BCUT2D eigenvalue weighted by Gasteiger charge is -2.32. The molecule has 224 valence electrons. The lowest BCUT2D eigenvalue weighted by Crippen LogP contribution is -2.42. The van der Waals surface area contributed by atoms with E-state index in [0.717, 1.165) is 10.5 Å². The fourth-order valence-corrected chi connectivity index (χ4v) is 4.19. The Bertz CT molecular complexity index is 1500. The van der Waals surface area contributed by atoms with E-state index < -0.39 is 58.2 Å². The summed E-state index contributed by atoms with van der Waals surface area (Å²) in [5, 5.41) is 11.5. The van der Waals surface area contributed by atoms with Crippen LogP contribution in [0.2, 0.25) is 0 Å². The van der Waals surface area contributed by atoms with E-state index in [-0.39, 0.29) is 17.6 Å². The third-order valence-corrected chi connectivity index (χ3v) is 6.84. The molecule has 7 nitrogen and oxygen atoms in total. The Labute approximate surface area is 237 Å². The van der Waals surface area contributed by atoms with Crippen LogP contribution in [0.5, 0.6) is 0 Å². The summed E-state index contributed by atoms with van der Waals surface area (Å²) in [4.78, 5) is 42.5. The van der Waals surface area contributed by atoms with E-state index in [1.54, 1.807) is 31.2 Å². The minimum absolute atomic E-state index is 0.00773. The monoisotopic (exact) mass is 595 g/mol. The third kappa shape index (κ3) is 6.72. The van der Waals surface area contributed by atoms with Crippen LogP contribution in [-0.4, -0.2) is 34.9 Å². The molecule has 0 radical (unpaired) electrons. The second-order valence-corrected chi connectivity index (χ2v) is 10.2. The SMILES string of the molecule is Cc1ccccc1-c1cc(NC(=O)C(C)C(=O)O)ncc1N(C)C(=O)C(C)(C)c1cc(C(F)(F)F)cc(C(F)(F)F)c1. The first-order valence-corrected chi connectivity index (χ1v) is 12.4. The standard InChI is InChI=1S/C29H27F6N3O4/c1-15-8-6-7-9-20(15)21-13-23(37-24(39)16(2)25(40)41)36-14-22(21)38(5)26(42)27(3,4)17-10-18(28(30,31)32)12-19(11-17)29(33,34)35/h6-14,16H,1-5H3,(H,40,41)(H,36,37,39). The maximum Gasteiger partial charge on any atom is 0.416 e. The number of aryl methyl sites for hydroxylation is 1. The average Bonchev–Trinajstić information content (AvgIpc) is 2.90. The van der Waals surface area contributed by atoms with Crippen molar-refractivity contribution in [2.45, 2.75) is 45.5 Å². The zero-order valence-corrected chi connectivity index (χ0v) is 23.1.